The lowest BCUT2D eigenvalue weighted by Crippen LogP contribution is -2.29. The summed E-state index contributed by atoms with van der Waals surface area (Å²) in [6.07, 6.45) is 40.7. The van der Waals surface area contributed by atoms with Gasteiger partial charge in [0.1, 0.15) is 17.4 Å². The van der Waals surface area contributed by atoms with Crippen molar-refractivity contribution in [2.24, 2.45) is 29.6 Å². The molecule has 4 aromatic heterocycles. The summed E-state index contributed by atoms with van der Waals surface area (Å²) >= 11 is 0. The Kier molecular flexibility index (Phi) is 27.3. The lowest BCUT2D eigenvalue weighted by Gasteiger charge is -2.23. The molecule has 0 unspecified atom stereocenters. The second kappa shape index (κ2) is 33.5. The molecule has 0 bridgehead atoms. The number of carbonyl (C=O) groups excluding carboxylic acids is 1. The summed E-state index contributed by atoms with van der Waals surface area (Å²) in [6, 6.07) is 17.4. The van der Waals surface area contributed by atoms with Crippen molar-refractivity contribution in [3.63, 3.8) is 0 Å². The van der Waals surface area contributed by atoms with Crippen molar-refractivity contribution in [3.05, 3.63) is 82.9 Å². The predicted octanol–water partition coefficient (Wildman–Crippen LogP) is 15.2. The average molecular weight is 1000 g/mol. The highest BCUT2D eigenvalue weighted by molar-refractivity contribution is 5.75. The van der Waals surface area contributed by atoms with E-state index in [0.29, 0.717) is 18.1 Å². The molecule has 4 N–H and O–H groups in total. The highest BCUT2D eigenvalue weighted by Gasteiger charge is 2.20. The van der Waals surface area contributed by atoms with E-state index in [4.69, 9.17) is 15.1 Å². The second-order valence-electron chi connectivity index (χ2n) is 22.4. The van der Waals surface area contributed by atoms with Crippen LogP contribution in [0.5, 0.6) is 0 Å². The molecule has 7 heterocycles. The van der Waals surface area contributed by atoms with Crippen molar-refractivity contribution in [3.8, 4) is 0 Å². The smallest absolute Gasteiger partial charge is 0.303 e. The third-order valence-corrected chi connectivity index (χ3v) is 16.3. The minimum absolute atomic E-state index is 0. The van der Waals surface area contributed by atoms with Gasteiger partial charge in [0, 0.05) is 54.6 Å². The molecule has 0 radical (unpaired) electrons. The maximum atomic E-state index is 10.7. The highest BCUT2D eigenvalue weighted by atomic mass is 16.4. The van der Waals surface area contributed by atoms with Gasteiger partial charge in [0.15, 0.2) is 5.65 Å². The number of hydrogen-bond acceptors (Lipinski definition) is 9. The number of Topliss-reactive ketones (excluding diaryl/α,β-unsaturated/α-hetero) is 1. The third-order valence-electron chi connectivity index (χ3n) is 16.3. The fourth-order valence-electron chi connectivity index (χ4n) is 12.3. The normalized spacial score (nSPS) is 19.4. The van der Waals surface area contributed by atoms with E-state index in [1.54, 1.807) is 6.92 Å². The molecule has 7 aliphatic rings. The molecule has 4 aliphatic carbocycles. The van der Waals surface area contributed by atoms with Crippen LogP contribution in [0.3, 0.4) is 0 Å². The Morgan fingerprint density at radius 1 is 0.493 bits per heavy atom. The molecule has 10 heteroatoms. The molecule has 3 aliphatic heterocycles. The van der Waals surface area contributed by atoms with E-state index in [1.165, 1.54) is 202 Å². The number of aryl methyl sites for hydroxylation is 2. The first kappa shape index (κ1) is 59.4. The van der Waals surface area contributed by atoms with Gasteiger partial charge in [-0.25, -0.2) is 19.9 Å². The van der Waals surface area contributed by atoms with Gasteiger partial charge in [-0.2, -0.15) is 0 Å². The SMILES string of the molecule is C.C.CC(=O)CC1CCCCC1.O=C(O)CC1CCCCC1.c1cc2c(nc1CC1CCCCC1)NCCC2.c1cc2c(nc1CC1CCNCC1)NCCC2.c1cnc2nc(CC3CCCCC3)ccc2c1. The zero-order valence-electron chi connectivity index (χ0n) is 43.9. The monoisotopic (exact) mass is 1000 g/mol. The molecule has 5 fully saturated rings. The lowest BCUT2D eigenvalue weighted by atomic mass is 9.86. The van der Waals surface area contributed by atoms with Gasteiger partial charge in [-0.05, 0) is 168 Å². The lowest BCUT2D eigenvalue weighted by molar-refractivity contribution is -0.138. The average Bonchev–Trinajstić information content (AvgIpc) is 3.40. The van der Waals surface area contributed by atoms with Gasteiger partial charge >= 0.3 is 5.97 Å². The van der Waals surface area contributed by atoms with Crippen LogP contribution in [0, 0.1) is 29.6 Å². The second-order valence-corrected chi connectivity index (χ2v) is 22.4. The Balaban J connectivity index is 0.000000171. The third kappa shape index (κ3) is 21.7. The molecular formula is C63H99N7O3. The molecule has 0 aromatic carbocycles. The number of aromatic nitrogens is 4. The number of anilines is 2. The van der Waals surface area contributed by atoms with Gasteiger partial charge in [-0.15, -0.1) is 0 Å². The zero-order chi connectivity index (χ0) is 49.3. The van der Waals surface area contributed by atoms with E-state index < -0.39 is 5.97 Å². The van der Waals surface area contributed by atoms with E-state index in [9.17, 15) is 9.59 Å². The molecule has 0 atom stereocenters. The van der Waals surface area contributed by atoms with E-state index in [2.05, 4.69) is 68.4 Å². The molecular weight excluding hydrogens is 903 g/mol. The summed E-state index contributed by atoms with van der Waals surface area (Å²) < 4.78 is 0. The summed E-state index contributed by atoms with van der Waals surface area (Å²) in [6.45, 7) is 6.22. The van der Waals surface area contributed by atoms with Crippen molar-refractivity contribution in [1.82, 2.24) is 25.3 Å². The Hall–Kier alpha value is -4.44. The standard InChI is InChI=1S/C15H22N2.C15H18N2.C14H21N3.C9H16O.C8H14O2.2CH4/c2*1-2-5-12(6-3-1)11-14-9-8-13-7-4-10-16-15(13)17-14;1-2-12-3-4-13(17-14(12)16-7-1)10-11-5-8-15-9-6-11;1-8(10)7-9-5-3-2-4-6-9;9-8(10)6-7-4-2-1-3-5-7;;/h8-9,12H,1-7,10-11H2,(H,16,17);4,7-10,12H,1-3,5-6,11H2;3-4,11,15H,1-2,5-10H2,(H,16,17);9H,2-7H2,1H3;7H,1-6H2,(H,9,10);2*1H4. The number of carboxylic acids is 1. The van der Waals surface area contributed by atoms with Crippen LogP contribution >= 0.6 is 0 Å². The largest absolute Gasteiger partial charge is 0.481 e. The number of hydrogen-bond donors (Lipinski definition) is 4. The first-order valence-corrected chi connectivity index (χ1v) is 28.9. The Morgan fingerprint density at radius 2 is 0.918 bits per heavy atom. The first-order valence-electron chi connectivity index (χ1n) is 28.9. The molecule has 1 saturated heterocycles. The molecule has 10 nitrogen and oxygen atoms in total. The van der Waals surface area contributed by atoms with Gasteiger partial charge < -0.3 is 25.9 Å². The van der Waals surface area contributed by atoms with Crippen LogP contribution in [0.15, 0.2) is 54.7 Å². The Morgan fingerprint density at radius 3 is 1.38 bits per heavy atom. The van der Waals surface area contributed by atoms with Crippen LogP contribution in [0.1, 0.15) is 217 Å². The predicted molar refractivity (Wildman–Crippen MR) is 306 cm³/mol. The van der Waals surface area contributed by atoms with E-state index in [-0.39, 0.29) is 14.9 Å². The number of carbonyl (C=O) groups is 2. The molecule has 0 spiro atoms. The summed E-state index contributed by atoms with van der Waals surface area (Å²) in [5, 5.41) is 19.9. The minimum atomic E-state index is -0.632. The summed E-state index contributed by atoms with van der Waals surface area (Å²) in [7, 11) is 0. The van der Waals surface area contributed by atoms with Crippen molar-refractivity contribution in [2.75, 3.05) is 36.8 Å². The van der Waals surface area contributed by atoms with Crippen LogP contribution in [-0.4, -0.2) is 63.0 Å². The van der Waals surface area contributed by atoms with E-state index in [1.807, 2.05) is 12.3 Å². The van der Waals surface area contributed by atoms with Crippen molar-refractivity contribution >= 4 is 34.4 Å². The minimum Gasteiger partial charge on any atom is -0.481 e. The summed E-state index contributed by atoms with van der Waals surface area (Å²) in [5.41, 5.74) is 7.47. The number of carboxylic acid groups (broad SMARTS) is 1. The van der Waals surface area contributed by atoms with Crippen LogP contribution in [0.2, 0.25) is 0 Å². The number of piperidine rings is 1. The van der Waals surface area contributed by atoms with Gasteiger partial charge in [0.05, 0.1) is 0 Å². The fourth-order valence-corrected chi connectivity index (χ4v) is 12.3. The van der Waals surface area contributed by atoms with E-state index in [0.717, 1.165) is 91.5 Å². The summed E-state index contributed by atoms with van der Waals surface area (Å²) in [4.78, 5) is 39.5. The molecule has 404 valence electrons. The topological polar surface area (TPSA) is 142 Å². The zero-order valence-corrected chi connectivity index (χ0v) is 43.9. The van der Waals surface area contributed by atoms with Crippen molar-refractivity contribution in [2.45, 2.75) is 221 Å². The van der Waals surface area contributed by atoms with Gasteiger partial charge in [-0.3, -0.25) is 4.79 Å². The van der Waals surface area contributed by atoms with Crippen LogP contribution < -0.4 is 16.0 Å². The number of nitrogens with zero attached hydrogens (tertiary/aromatic N) is 4. The maximum absolute atomic E-state index is 10.7. The fraction of sp³-hybridized carbons (Fsp3) is 0.683. The van der Waals surface area contributed by atoms with Crippen molar-refractivity contribution < 1.29 is 14.7 Å². The number of ketones is 1. The van der Waals surface area contributed by atoms with Crippen LogP contribution in [-0.2, 0) is 41.7 Å². The van der Waals surface area contributed by atoms with Gasteiger partial charge in [-0.1, -0.05) is 143 Å². The highest BCUT2D eigenvalue weighted by Crippen LogP contribution is 2.30. The summed E-state index contributed by atoms with van der Waals surface area (Å²) in [5.74, 6) is 5.80. The first-order chi connectivity index (χ1) is 34.8. The van der Waals surface area contributed by atoms with Crippen LogP contribution in [0.4, 0.5) is 11.6 Å². The molecule has 11 rings (SSSR count). The van der Waals surface area contributed by atoms with Gasteiger partial charge in [0.2, 0.25) is 0 Å². The molecule has 4 aromatic rings. The molecule has 0 amide bonds. The Bertz CT molecular complexity index is 2060. The van der Waals surface area contributed by atoms with Crippen molar-refractivity contribution in [1.29, 1.82) is 0 Å². The quantitative estimate of drug-likeness (QED) is 0.121. The number of pyridine rings is 4. The molecule has 73 heavy (non-hydrogen) atoms. The molecule has 4 saturated carbocycles. The number of fused-ring (bicyclic) bond motifs is 3. The van der Waals surface area contributed by atoms with E-state index >= 15 is 0 Å². The van der Waals surface area contributed by atoms with Gasteiger partial charge in [0.25, 0.3) is 0 Å². The number of nitrogens with one attached hydrogen (secondary N) is 3. The maximum Gasteiger partial charge on any atom is 0.303 e. The van der Waals surface area contributed by atoms with Crippen LogP contribution in [0.25, 0.3) is 11.0 Å². The number of rotatable bonds is 10. The number of aliphatic carboxylic acids is 1. The Labute approximate surface area is 442 Å².